The molecule has 1 aromatic heterocycles. The summed E-state index contributed by atoms with van der Waals surface area (Å²) in [6.07, 6.45) is -2.20. The smallest absolute Gasteiger partial charge is 0.347 e. The van der Waals surface area contributed by atoms with E-state index in [0.717, 1.165) is 11.5 Å². The first-order valence-electron chi connectivity index (χ1n) is 5.53. The van der Waals surface area contributed by atoms with Crippen molar-refractivity contribution in [3.63, 3.8) is 0 Å². The molecule has 0 N–H and O–H groups in total. The summed E-state index contributed by atoms with van der Waals surface area (Å²) in [6, 6.07) is 0.0664. The van der Waals surface area contributed by atoms with E-state index in [1.807, 2.05) is 0 Å². The topological polar surface area (TPSA) is 46.1 Å². The Hall–Kier alpha value is -1.18. The summed E-state index contributed by atoms with van der Waals surface area (Å²) in [5.74, 6) is -0.880. The monoisotopic (exact) mass is 279 g/mol. The van der Waals surface area contributed by atoms with Gasteiger partial charge in [0, 0.05) is 37.5 Å². The van der Waals surface area contributed by atoms with Crippen LogP contribution in [0.2, 0.25) is 0 Å². The van der Waals surface area contributed by atoms with Crippen molar-refractivity contribution >= 4 is 22.4 Å². The molecule has 0 bridgehead atoms. The number of carbonyl (C=O) groups is 1. The predicted molar refractivity (Wildman–Crippen MR) is 60.6 cm³/mol. The number of hydrogen-bond donors (Lipinski definition) is 0. The van der Waals surface area contributed by atoms with Crippen molar-refractivity contribution in [3.8, 4) is 0 Å². The molecule has 0 spiro atoms. The fourth-order valence-corrected chi connectivity index (χ4v) is 2.66. The predicted octanol–water partition coefficient (Wildman–Crippen LogP) is 2.50. The summed E-state index contributed by atoms with van der Waals surface area (Å²) in [5, 5.41) is 0.252. The van der Waals surface area contributed by atoms with E-state index < -0.39 is 12.0 Å². The van der Waals surface area contributed by atoms with E-state index in [-0.39, 0.29) is 17.0 Å². The standard InChI is InChI=1S/C10H12F3N3OS/c1-16(6-2-4-7(17)5-3-6)9-14-8(15-18-9)10(11,12)13/h6H,2-5H2,1H3. The highest BCUT2D eigenvalue weighted by Gasteiger charge is 2.37. The molecule has 1 aliphatic carbocycles. The summed E-state index contributed by atoms with van der Waals surface area (Å²) < 4.78 is 40.4. The molecule has 0 unspecified atom stereocenters. The molecule has 1 saturated carbocycles. The summed E-state index contributed by atoms with van der Waals surface area (Å²) in [7, 11) is 1.70. The Morgan fingerprint density at radius 2 is 1.94 bits per heavy atom. The lowest BCUT2D eigenvalue weighted by molar-refractivity contribution is -0.144. The molecule has 0 radical (unpaired) electrons. The maximum Gasteiger partial charge on any atom is 0.452 e. The van der Waals surface area contributed by atoms with Gasteiger partial charge in [0.1, 0.15) is 5.78 Å². The molecule has 0 aliphatic heterocycles. The average Bonchev–Trinajstić information content (AvgIpc) is 2.78. The van der Waals surface area contributed by atoms with E-state index in [1.165, 1.54) is 0 Å². The second kappa shape index (κ2) is 4.83. The highest BCUT2D eigenvalue weighted by Crippen LogP contribution is 2.32. The van der Waals surface area contributed by atoms with Gasteiger partial charge in [-0.2, -0.15) is 22.5 Å². The molecule has 8 heteroatoms. The Morgan fingerprint density at radius 1 is 1.33 bits per heavy atom. The molecule has 0 saturated heterocycles. The summed E-state index contributed by atoms with van der Waals surface area (Å²) >= 11 is 0.739. The average molecular weight is 279 g/mol. The van der Waals surface area contributed by atoms with E-state index in [9.17, 15) is 18.0 Å². The SMILES string of the molecule is CN(c1nc(C(F)(F)F)ns1)C1CCC(=O)CC1. The van der Waals surface area contributed by atoms with Gasteiger partial charge in [-0.15, -0.1) is 0 Å². The van der Waals surface area contributed by atoms with Crippen LogP contribution in [0.3, 0.4) is 0 Å². The van der Waals surface area contributed by atoms with Gasteiger partial charge >= 0.3 is 6.18 Å². The van der Waals surface area contributed by atoms with Crippen LogP contribution in [-0.2, 0) is 11.0 Å². The van der Waals surface area contributed by atoms with E-state index in [4.69, 9.17) is 0 Å². The molecule has 4 nitrogen and oxygen atoms in total. The Bertz CT molecular complexity index is 436. The van der Waals surface area contributed by atoms with Gasteiger partial charge in [0.2, 0.25) is 11.0 Å². The number of carbonyl (C=O) groups excluding carboxylic acids is 1. The van der Waals surface area contributed by atoms with Crippen LogP contribution in [0.4, 0.5) is 18.3 Å². The maximum absolute atomic E-state index is 12.4. The highest BCUT2D eigenvalue weighted by atomic mass is 32.1. The number of hydrogen-bond acceptors (Lipinski definition) is 5. The van der Waals surface area contributed by atoms with Gasteiger partial charge in [-0.1, -0.05) is 0 Å². The van der Waals surface area contributed by atoms with E-state index >= 15 is 0 Å². The number of nitrogens with zero attached hydrogens (tertiary/aromatic N) is 3. The molecule has 0 aromatic carbocycles. The number of halogens is 3. The van der Waals surface area contributed by atoms with Gasteiger partial charge in [-0.25, -0.2) is 0 Å². The van der Waals surface area contributed by atoms with Crippen molar-refractivity contribution in [2.75, 3.05) is 11.9 Å². The summed E-state index contributed by atoms with van der Waals surface area (Å²) in [4.78, 5) is 16.3. The van der Waals surface area contributed by atoms with Crippen molar-refractivity contribution in [2.24, 2.45) is 0 Å². The Morgan fingerprint density at radius 3 is 2.44 bits per heavy atom. The van der Waals surface area contributed by atoms with Gasteiger partial charge < -0.3 is 4.90 Å². The fraction of sp³-hybridized carbons (Fsp3) is 0.700. The molecule has 18 heavy (non-hydrogen) atoms. The van der Waals surface area contributed by atoms with Crippen molar-refractivity contribution in [1.29, 1.82) is 0 Å². The number of ketones is 1. The van der Waals surface area contributed by atoms with Crippen molar-refractivity contribution < 1.29 is 18.0 Å². The zero-order valence-corrected chi connectivity index (χ0v) is 10.5. The van der Waals surface area contributed by atoms with Gasteiger partial charge in [0.05, 0.1) is 0 Å². The number of anilines is 1. The number of alkyl halides is 3. The van der Waals surface area contributed by atoms with E-state index in [1.54, 1.807) is 11.9 Å². The lowest BCUT2D eigenvalue weighted by atomic mass is 9.94. The lowest BCUT2D eigenvalue weighted by Gasteiger charge is -2.29. The molecule has 1 heterocycles. The van der Waals surface area contributed by atoms with Crippen molar-refractivity contribution in [2.45, 2.75) is 37.9 Å². The van der Waals surface area contributed by atoms with Crippen LogP contribution in [0.15, 0.2) is 0 Å². The molecule has 0 amide bonds. The van der Waals surface area contributed by atoms with Gasteiger partial charge in [0.15, 0.2) is 0 Å². The third kappa shape index (κ3) is 2.80. The number of Topliss-reactive ketones (excluding diaryl/α,β-unsaturated/α-hetero) is 1. The second-order valence-electron chi connectivity index (χ2n) is 4.28. The zero-order valence-electron chi connectivity index (χ0n) is 9.70. The maximum atomic E-state index is 12.4. The second-order valence-corrected chi connectivity index (χ2v) is 5.01. The van der Waals surface area contributed by atoms with Crippen LogP contribution in [0, 0.1) is 0 Å². The first-order valence-corrected chi connectivity index (χ1v) is 6.30. The zero-order chi connectivity index (χ0) is 13.3. The van der Waals surface area contributed by atoms with Crippen LogP contribution in [-0.4, -0.2) is 28.2 Å². The third-order valence-corrected chi connectivity index (χ3v) is 3.84. The molecule has 100 valence electrons. The third-order valence-electron chi connectivity index (χ3n) is 3.03. The largest absolute Gasteiger partial charge is 0.452 e. The molecule has 1 aromatic rings. The van der Waals surface area contributed by atoms with Crippen molar-refractivity contribution in [1.82, 2.24) is 9.36 Å². The molecule has 1 aliphatic rings. The van der Waals surface area contributed by atoms with Crippen molar-refractivity contribution in [3.05, 3.63) is 5.82 Å². The Balaban J connectivity index is 2.07. The molecular formula is C10H12F3N3OS. The van der Waals surface area contributed by atoms with Gasteiger partial charge in [0.25, 0.3) is 0 Å². The summed E-state index contributed by atoms with van der Waals surface area (Å²) in [6.45, 7) is 0. The Labute approximate surface area is 106 Å². The van der Waals surface area contributed by atoms with Gasteiger partial charge in [-0.05, 0) is 12.8 Å². The van der Waals surface area contributed by atoms with Crippen LogP contribution >= 0.6 is 11.5 Å². The minimum absolute atomic E-state index is 0.0664. The minimum atomic E-state index is -4.50. The number of rotatable bonds is 2. The fourth-order valence-electron chi connectivity index (χ4n) is 1.94. The van der Waals surface area contributed by atoms with Crippen LogP contribution in [0.5, 0.6) is 0 Å². The van der Waals surface area contributed by atoms with E-state index in [2.05, 4.69) is 9.36 Å². The quantitative estimate of drug-likeness (QED) is 0.834. The first kappa shape index (κ1) is 13.3. The Kier molecular flexibility index (Phi) is 3.56. The molecular weight excluding hydrogens is 267 g/mol. The minimum Gasteiger partial charge on any atom is -0.347 e. The summed E-state index contributed by atoms with van der Waals surface area (Å²) in [5.41, 5.74) is 0. The van der Waals surface area contributed by atoms with E-state index in [0.29, 0.717) is 25.7 Å². The molecule has 1 fully saturated rings. The normalized spacial score (nSPS) is 18.1. The highest BCUT2D eigenvalue weighted by molar-refractivity contribution is 7.09. The van der Waals surface area contributed by atoms with Crippen LogP contribution in [0.25, 0.3) is 0 Å². The van der Waals surface area contributed by atoms with Crippen LogP contribution in [0.1, 0.15) is 31.5 Å². The van der Waals surface area contributed by atoms with Gasteiger partial charge in [-0.3, -0.25) is 4.79 Å². The first-order chi connectivity index (χ1) is 8.38. The molecule has 2 rings (SSSR count). The number of aromatic nitrogens is 2. The van der Waals surface area contributed by atoms with Crippen LogP contribution < -0.4 is 4.90 Å². The molecule has 0 atom stereocenters. The lowest BCUT2D eigenvalue weighted by Crippen LogP contribution is -2.35.